The Balaban J connectivity index is 1.72. The molecule has 1 aromatic heterocycles. The second-order valence-electron chi connectivity index (χ2n) is 5.96. The minimum Gasteiger partial charge on any atom is -0.406 e. The predicted octanol–water partition coefficient (Wildman–Crippen LogP) is 3.40. The molecule has 1 heterocycles. The zero-order valence-electron chi connectivity index (χ0n) is 15.5. The molecule has 0 aliphatic rings. The van der Waals surface area contributed by atoms with E-state index in [1.165, 1.54) is 35.3 Å². The van der Waals surface area contributed by atoms with E-state index < -0.39 is 12.3 Å². The average molecular weight is 446 g/mol. The van der Waals surface area contributed by atoms with Crippen LogP contribution in [-0.2, 0) is 4.79 Å². The zero-order valence-corrected chi connectivity index (χ0v) is 16.4. The van der Waals surface area contributed by atoms with Crippen LogP contribution in [0.2, 0.25) is 0 Å². The molecule has 1 amide bonds. The summed E-state index contributed by atoms with van der Waals surface area (Å²) in [4.78, 5) is 16.2. The van der Waals surface area contributed by atoms with Crippen LogP contribution >= 0.6 is 12.6 Å². The van der Waals surface area contributed by atoms with Gasteiger partial charge in [-0.3, -0.25) is 4.79 Å². The third-order valence-electron chi connectivity index (χ3n) is 3.82. The van der Waals surface area contributed by atoms with Crippen molar-refractivity contribution in [2.45, 2.75) is 6.36 Å². The van der Waals surface area contributed by atoms with Crippen LogP contribution in [0.4, 0.5) is 18.9 Å². The Hall–Kier alpha value is -3.98. The number of ether oxygens (including phenoxy) is 1. The molecule has 0 saturated carbocycles. The second kappa shape index (κ2) is 8.80. The molecule has 0 saturated heterocycles. The van der Waals surface area contributed by atoms with Crippen molar-refractivity contribution in [3.8, 4) is 28.9 Å². The lowest BCUT2D eigenvalue weighted by Gasteiger charge is -2.09. The van der Waals surface area contributed by atoms with Gasteiger partial charge in [0.05, 0.1) is 10.7 Å². The summed E-state index contributed by atoms with van der Waals surface area (Å²) < 4.78 is 42.0. The summed E-state index contributed by atoms with van der Waals surface area (Å²) in [7, 11) is 0. The first-order valence-electron chi connectivity index (χ1n) is 8.45. The molecule has 3 rings (SSSR count). The highest BCUT2D eigenvalue weighted by Gasteiger charge is 2.31. The Labute approximate surface area is 179 Å². The third kappa shape index (κ3) is 5.55. The Bertz CT molecular complexity index is 1160. The van der Waals surface area contributed by atoms with E-state index in [4.69, 9.17) is 11.0 Å². The molecular formula is C19H13F3N6O2S. The van der Waals surface area contributed by atoms with E-state index in [1.807, 2.05) is 0 Å². The standard InChI is InChI=1S/C19H13F3N6O2S/c20-19(21,22)30-14-7-5-13(6-8-14)28-10-25-17(27-28)11-1-3-12(4-2-11)26-18(29)15(9-23)16(24)31/h1-8,10,31H,24H2,(H,26,29)/b16-15-. The number of hydrogen-bond donors (Lipinski definition) is 3. The number of nitrogens with one attached hydrogen (secondary N) is 1. The quantitative estimate of drug-likeness (QED) is 0.314. The molecule has 0 atom stereocenters. The summed E-state index contributed by atoms with van der Waals surface area (Å²) in [6.07, 6.45) is -3.36. The maximum atomic E-state index is 12.2. The molecule has 0 bridgehead atoms. The van der Waals surface area contributed by atoms with Crippen LogP contribution in [0.15, 0.2) is 65.5 Å². The summed E-state index contributed by atoms with van der Waals surface area (Å²) in [6, 6.07) is 13.3. The number of amides is 1. The molecule has 31 heavy (non-hydrogen) atoms. The monoisotopic (exact) mass is 446 g/mol. The molecule has 0 radical (unpaired) electrons. The van der Waals surface area contributed by atoms with Crippen LogP contribution < -0.4 is 15.8 Å². The topological polar surface area (TPSA) is 119 Å². The molecule has 3 N–H and O–H groups in total. The van der Waals surface area contributed by atoms with Gasteiger partial charge in [-0.25, -0.2) is 9.67 Å². The second-order valence-corrected chi connectivity index (χ2v) is 6.44. The van der Waals surface area contributed by atoms with Crippen LogP contribution in [0.3, 0.4) is 0 Å². The summed E-state index contributed by atoms with van der Waals surface area (Å²) in [6.45, 7) is 0. The molecule has 2 aromatic carbocycles. The number of benzene rings is 2. The van der Waals surface area contributed by atoms with E-state index in [-0.39, 0.29) is 16.4 Å². The van der Waals surface area contributed by atoms with Gasteiger partial charge in [0.1, 0.15) is 23.7 Å². The Morgan fingerprint density at radius 3 is 2.35 bits per heavy atom. The van der Waals surface area contributed by atoms with Gasteiger partial charge in [0.15, 0.2) is 5.82 Å². The van der Waals surface area contributed by atoms with E-state index in [9.17, 15) is 18.0 Å². The van der Waals surface area contributed by atoms with E-state index >= 15 is 0 Å². The number of thiol groups is 1. The lowest BCUT2D eigenvalue weighted by atomic mass is 10.2. The van der Waals surface area contributed by atoms with Gasteiger partial charge in [-0.1, -0.05) is 0 Å². The van der Waals surface area contributed by atoms with Gasteiger partial charge >= 0.3 is 6.36 Å². The van der Waals surface area contributed by atoms with Crippen molar-refractivity contribution >= 4 is 24.2 Å². The highest BCUT2D eigenvalue weighted by molar-refractivity contribution is 7.84. The maximum Gasteiger partial charge on any atom is 0.573 e. The summed E-state index contributed by atoms with van der Waals surface area (Å²) >= 11 is 3.80. The summed E-state index contributed by atoms with van der Waals surface area (Å²) in [5.74, 6) is -0.683. The molecule has 158 valence electrons. The minimum absolute atomic E-state index is 0.190. The van der Waals surface area contributed by atoms with Gasteiger partial charge in [0.2, 0.25) is 0 Å². The molecule has 0 spiro atoms. The molecule has 0 aliphatic carbocycles. The first-order valence-corrected chi connectivity index (χ1v) is 8.89. The van der Waals surface area contributed by atoms with Gasteiger partial charge in [0, 0.05) is 11.3 Å². The summed E-state index contributed by atoms with van der Waals surface area (Å²) in [5, 5.41) is 15.5. The van der Waals surface area contributed by atoms with Crippen molar-refractivity contribution in [1.82, 2.24) is 14.8 Å². The van der Waals surface area contributed by atoms with Crippen molar-refractivity contribution in [2.75, 3.05) is 5.32 Å². The number of aromatic nitrogens is 3. The van der Waals surface area contributed by atoms with Crippen molar-refractivity contribution < 1.29 is 22.7 Å². The number of nitrogens with zero attached hydrogens (tertiary/aromatic N) is 4. The van der Waals surface area contributed by atoms with E-state index in [0.29, 0.717) is 22.8 Å². The van der Waals surface area contributed by atoms with Crippen molar-refractivity contribution in [2.24, 2.45) is 5.73 Å². The highest BCUT2D eigenvalue weighted by atomic mass is 32.1. The van der Waals surface area contributed by atoms with Gasteiger partial charge in [-0.15, -0.1) is 30.9 Å². The number of carbonyl (C=O) groups is 1. The number of anilines is 1. The SMILES string of the molecule is N#C/C(C(=O)Nc1ccc(-c2ncn(-c3ccc(OC(F)(F)F)cc3)n2)cc1)=C(\N)S. The van der Waals surface area contributed by atoms with Crippen LogP contribution in [0.5, 0.6) is 5.75 Å². The Kier molecular flexibility index (Phi) is 6.17. The Morgan fingerprint density at radius 2 is 1.81 bits per heavy atom. The number of alkyl halides is 3. The maximum absolute atomic E-state index is 12.2. The number of nitrogens with two attached hydrogens (primary N) is 1. The highest BCUT2D eigenvalue weighted by Crippen LogP contribution is 2.24. The fourth-order valence-corrected chi connectivity index (χ4v) is 2.59. The van der Waals surface area contributed by atoms with E-state index in [1.54, 1.807) is 30.3 Å². The van der Waals surface area contributed by atoms with E-state index in [2.05, 4.69) is 32.8 Å². The normalized spacial score (nSPS) is 12.0. The minimum atomic E-state index is -4.76. The molecule has 12 heteroatoms. The van der Waals surface area contributed by atoms with Crippen molar-refractivity contribution in [3.63, 3.8) is 0 Å². The lowest BCUT2D eigenvalue weighted by molar-refractivity contribution is -0.274. The summed E-state index contributed by atoms with van der Waals surface area (Å²) in [5.41, 5.74) is 6.59. The van der Waals surface area contributed by atoms with Gasteiger partial charge < -0.3 is 15.8 Å². The first kappa shape index (κ1) is 21.7. The number of halogens is 3. The van der Waals surface area contributed by atoms with Crippen LogP contribution in [-0.4, -0.2) is 27.0 Å². The van der Waals surface area contributed by atoms with Crippen LogP contribution in [0.25, 0.3) is 17.1 Å². The molecule has 8 nitrogen and oxygen atoms in total. The van der Waals surface area contributed by atoms with Crippen molar-refractivity contribution in [1.29, 1.82) is 5.26 Å². The Morgan fingerprint density at radius 1 is 1.16 bits per heavy atom. The van der Waals surface area contributed by atoms with Crippen LogP contribution in [0, 0.1) is 11.3 Å². The largest absolute Gasteiger partial charge is 0.573 e. The molecular weight excluding hydrogens is 433 g/mol. The molecule has 0 aliphatic heterocycles. The van der Waals surface area contributed by atoms with Gasteiger partial charge in [-0.05, 0) is 48.5 Å². The fourth-order valence-electron chi connectivity index (χ4n) is 2.44. The smallest absolute Gasteiger partial charge is 0.406 e. The van der Waals surface area contributed by atoms with Gasteiger partial charge in [0.25, 0.3) is 5.91 Å². The zero-order chi connectivity index (χ0) is 22.6. The first-order chi connectivity index (χ1) is 14.7. The lowest BCUT2D eigenvalue weighted by Crippen LogP contribution is -2.17. The average Bonchev–Trinajstić information content (AvgIpc) is 3.18. The van der Waals surface area contributed by atoms with Crippen LogP contribution in [0.1, 0.15) is 0 Å². The number of carbonyl (C=O) groups excluding carboxylic acids is 1. The van der Waals surface area contributed by atoms with Crippen molar-refractivity contribution in [3.05, 3.63) is 65.5 Å². The molecule has 0 unspecified atom stereocenters. The fraction of sp³-hybridized carbons (Fsp3) is 0.0526. The third-order valence-corrected chi connectivity index (χ3v) is 4.05. The number of hydrogen-bond acceptors (Lipinski definition) is 7. The molecule has 0 fully saturated rings. The van der Waals surface area contributed by atoms with E-state index in [0.717, 1.165) is 0 Å². The molecule has 3 aromatic rings. The number of rotatable bonds is 5. The predicted molar refractivity (Wildman–Crippen MR) is 108 cm³/mol. The van der Waals surface area contributed by atoms with Gasteiger partial charge in [-0.2, -0.15) is 5.26 Å². The number of nitriles is 1.